The van der Waals surface area contributed by atoms with E-state index in [0.717, 1.165) is 12.1 Å². The number of thiocarbonyl (C=S) groups is 1. The molecule has 4 nitrogen and oxygen atoms in total. The average Bonchev–Trinajstić information content (AvgIpc) is 2.81. The maximum absolute atomic E-state index is 11.8. The Kier molecular flexibility index (Phi) is 5.45. The van der Waals surface area contributed by atoms with Crippen LogP contribution in [-0.4, -0.2) is 42.0 Å². The smallest absolute Gasteiger partial charge is 0.173 e. The van der Waals surface area contributed by atoms with Gasteiger partial charge >= 0.3 is 0 Å². The minimum atomic E-state index is -2.92. The summed E-state index contributed by atoms with van der Waals surface area (Å²) < 4.78 is 23.6. The van der Waals surface area contributed by atoms with Gasteiger partial charge in [-0.1, -0.05) is 24.6 Å². The standard InChI is InChI=1S/C16H24N2O2S2/c1-4-13(3)18(15-9-10-22(19,20)11-15)16(21)17-14-7-5-12(2)6-8-14/h5-8,13,15H,4,9-11H2,1-3H3,(H,17,21)/t13-,15+/m1/s1. The quantitative estimate of drug-likeness (QED) is 0.854. The van der Waals surface area contributed by atoms with Gasteiger partial charge in [-0.25, -0.2) is 8.42 Å². The van der Waals surface area contributed by atoms with E-state index in [-0.39, 0.29) is 23.6 Å². The van der Waals surface area contributed by atoms with Gasteiger partial charge in [0.25, 0.3) is 0 Å². The zero-order valence-electron chi connectivity index (χ0n) is 13.4. The number of nitrogens with zero attached hydrogens (tertiary/aromatic N) is 1. The van der Waals surface area contributed by atoms with Crippen molar-refractivity contribution in [2.24, 2.45) is 0 Å². The number of benzene rings is 1. The molecule has 1 aliphatic heterocycles. The van der Waals surface area contributed by atoms with Gasteiger partial charge in [-0.15, -0.1) is 0 Å². The Morgan fingerprint density at radius 2 is 2.05 bits per heavy atom. The Balaban J connectivity index is 2.15. The second kappa shape index (κ2) is 6.96. The second-order valence-corrected chi connectivity index (χ2v) is 8.63. The fourth-order valence-electron chi connectivity index (χ4n) is 2.74. The van der Waals surface area contributed by atoms with Crippen molar-refractivity contribution in [3.8, 4) is 0 Å². The van der Waals surface area contributed by atoms with E-state index in [0.29, 0.717) is 11.5 Å². The molecule has 2 rings (SSSR count). The molecule has 0 spiro atoms. The molecule has 1 aliphatic rings. The van der Waals surface area contributed by atoms with Crippen LogP contribution in [0.15, 0.2) is 24.3 Å². The number of hydrogen-bond acceptors (Lipinski definition) is 3. The van der Waals surface area contributed by atoms with Crippen molar-refractivity contribution in [2.75, 3.05) is 16.8 Å². The van der Waals surface area contributed by atoms with Gasteiger partial charge < -0.3 is 10.2 Å². The van der Waals surface area contributed by atoms with Gasteiger partial charge in [-0.05, 0) is 51.0 Å². The Bertz CT molecular complexity index is 626. The van der Waals surface area contributed by atoms with Crippen LogP contribution in [0.4, 0.5) is 5.69 Å². The Morgan fingerprint density at radius 1 is 1.41 bits per heavy atom. The van der Waals surface area contributed by atoms with Gasteiger partial charge in [0.15, 0.2) is 14.9 Å². The lowest BCUT2D eigenvalue weighted by atomic mass is 10.1. The predicted molar refractivity (Wildman–Crippen MR) is 96.1 cm³/mol. The molecule has 1 fully saturated rings. The van der Waals surface area contributed by atoms with Crippen LogP contribution in [0.5, 0.6) is 0 Å². The van der Waals surface area contributed by atoms with Crippen LogP contribution in [0, 0.1) is 6.92 Å². The maximum atomic E-state index is 11.8. The van der Waals surface area contributed by atoms with Gasteiger partial charge in [0.05, 0.1) is 11.5 Å². The zero-order valence-corrected chi connectivity index (χ0v) is 15.0. The van der Waals surface area contributed by atoms with Crippen molar-refractivity contribution in [3.05, 3.63) is 29.8 Å². The van der Waals surface area contributed by atoms with Crippen LogP contribution < -0.4 is 5.32 Å². The van der Waals surface area contributed by atoms with Crippen LogP contribution in [0.1, 0.15) is 32.3 Å². The summed E-state index contributed by atoms with van der Waals surface area (Å²) in [5.74, 6) is 0.463. The van der Waals surface area contributed by atoms with E-state index in [1.165, 1.54) is 5.56 Å². The Hall–Kier alpha value is -1.14. The van der Waals surface area contributed by atoms with Crippen LogP contribution in [0.2, 0.25) is 0 Å². The first kappa shape index (κ1) is 17.2. The van der Waals surface area contributed by atoms with E-state index in [1.54, 1.807) is 0 Å². The highest BCUT2D eigenvalue weighted by atomic mass is 32.2. The molecule has 6 heteroatoms. The first-order chi connectivity index (χ1) is 10.3. The highest BCUT2D eigenvalue weighted by Crippen LogP contribution is 2.22. The van der Waals surface area contributed by atoms with Crippen LogP contribution in [0.3, 0.4) is 0 Å². The molecule has 0 unspecified atom stereocenters. The zero-order chi connectivity index (χ0) is 16.3. The fourth-order valence-corrected chi connectivity index (χ4v) is 4.90. The molecule has 1 aromatic rings. The lowest BCUT2D eigenvalue weighted by molar-refractivity contribution is 0.264. The molecule has 0 saturated carbocycles. The first-order valence-corrected chi connectivity index (χ1v) is 9.91. The average molecular weight is 341 g/mol. The van der Waals surface area contributed by atoms with Crippen molar-refractivity contribution in [2.45, 2.75) is 45.7 Å². The topological polar surface area (TPSA) is 49.4 Å². The van der Waals surface area contributed by atoms with Gasteiger partial charge in [0.1, 0.15) is 0 Å². The molecule has 0 amide bonds. The number of aryl methyl sites for hydroxylation is 1. The van der Waals surface area contributed by atoms with Gasteiger partial charge in [-0.2, -0.15) is 0 Å². The second-order valence-electron chi connectivity index (χ2n) is 6.02. The van der Waals surface area contributed by atoms with Gasteiger partial charge in [0, 0.05) is 17.8 Å². The fraction of sp³-hybridized carbons (Fsp3) is 0.562. The largest absolute Gasteiger partial charge is 0.342 e. The minimum absolute atomic E-state index is 0.0228. The number of anilines is 1. The predicted octanol–water partition coefficient (Wildman–Crippen LogP) is 2.98. The Morgan fingerprint density at radius 3 is 2.55 bits per heavy atom. The summed E-state index contributed by atoms with van der Waals surface area (Å²) in [5.41, 5.74) is 2.13. The minimum Gasteiger partial charge on any atom is -0.342 e. The molecule has 1 N–H and O–H groups in total. The third-order valence-corrected chi connectivity index (χ3v) is 6.27. The lowest BCUT2D eigenvalue weighted by Crippen LogP contribution is -2.48. The molecule has 0 bridgehead atoms. The first-order valence-electron chi connectivity index (χ1n) is 7.69. The number of rotatable bonds is 4. The summed E-state index contributed by atoms with van der Waals surface area (Å²) >= 11 is 5.56. The summed E-state index contributed by atoms with van der Waals surface area (Å²) in [5, 5.41) is 3.86. The van der Waals surface area contributed by atoms with Crippen molar-refractivity contribution in [3.63, 3.8) is 0 Å². The highest BCUT2D eigenvalue weighted by molar-refractivity contribution is 7.91. The van der Waals surface area contributed by atoms with Crippen LogP contribution in [-0.2, 0) is 9.84 Å². The molecular formula is C16H24N2O2S2. The molecule has 0 aliphatic carbocycles. The summed E-state index contributed by atoms with van der Waals surface area (Å²) in [6, 6.07) is 8.22. The lowest BCUT2D eigenvalue weighted by Gasteiger charge is -2.36. The van der Waals surface area contributed by atoms with Crippen molar-refractivity contribution < 1.29 is 8.42 Å². The summed E-state index contributed by atoms with van der Waals surface area (Å²) in [7, 11) is -2.92. The summed E-state index contributed by atoms with van der Waals surface area (Å²) in [6.45, 7) is 6.22. The monoisotopic (exact) mass is 340 g/mol. The molecule has 0 radical (unpaired) electrons. The molecule has 122 valence electrons. The van der Waals surface area contributed by atoms with Crippen LogP contribution in [0.25, 0.3) is 0 Å². The van der Waals surface area contributed by atoms with Crippen molar-refractivity contribution >= 4 is 32.9 Å². The molecule has 2 atom stereocenters. The SMILES string of the molecule is CC[C@@H](C)N(C(=S)Nc1ccc(C)cc1)[C@H]1CCS(=O)(=O)C1. The summed E-state index contributed by atoms with van der Waals surface area (Å²) in [4.78, 5) is 2.07. The van der Waals surface area contributed by atoms with E-state index in [2.05, 4.69) is 24.1 Å². The van der Waals surface area contributed by atoms with E-state index >= 15 is 0 Å². The van der Waals surface area contributed by atoms with E-state index in [1.807, 2.05) is 31.2 Å². The van der Waals surface area contributed by atoms with Crippen molar-refractivity contribution in [1.82, 2.24) is 4.90 Å². The molecule has 1 aromatic carbocycles. The number of nitrogens with one attached hydrogen (secondary N) is 1. The van der Waals surface area contributed by atoms with Gasteiger partial charge in [0.2, 0.25) is 0 Å². The van der Waals surface area contributed by atoms with Crippen molar-refractivity contribution in [1.29, 1.82) is 0 Å². The molecule has 1 heterocycles. The Labute approximate surface area is 138 Å². The molecule has 1 saturated heterocycles. The highest BCUT2D eigenvalue weighted by Gasteiger charge is 2.35. The third-order valence-electron chi connectivity index (χ3n) is 4.20. The van der Waals surface area contributed by atoms with E-state index < -0.39 is 9.84 Å². The molecule has 0 aromatic heterocycles. The maximum Gasteiger partial charge on any atom is 0.173 e. The van der Waals surface area contributed by atoms with E-state index in [4.69, 9.17) is 12.2 Å². The normalized spacial score (nSPS) is 21.3. The third kappa shape index (κ3) is 4.20. The number of hydrogen-bond donors (Lipinski definition) is 1. The molecular weight excluding hydrogens is 316 g/mol. The summed E-state index contributed by atoms with van der Waals surface area (Å²) in [6.07, 6.45) is 1.58. The van der Waals surface area contributed by atoms with Gasteiger partial charge in [-0.3, -0.25) is 0 Å². The molecule has 22 heavy (non-hydrogen) atoms. The van der Waals surface area contributed by atoms with E-state index in [9.17, 15) is 8.42 Å². The number of sulfone groups is 1. The van der Waals surface area contributed by atoms with Crippen LogP contribution >= 0.6 is 12.2 Å².